The van der Waals surface area contributed by atoms with Crippen molar-refractivity contribution in [1.29, 1.82) is 5.26 Å². The van der Waals surface area contributed by atoms with Gasteiger partial charge in [-0.05, 0) is 75.3 Å². The Morgan fingerprint density at radius 3 is 2.68 bits per heavy atom. The highest BCUT2D eigenvalue weighted by Crippen LogP contribution is 2.50. The Kier molecular flexibility index (Phi) is 5.77. The Labute approximate surface area is 171 Å². The van der Waals surface area contributed by atoms with Crippen molar-refractivity contribution in [3.8, 4) is 6.07 Å². The van der Waals surface area contributed by atoms with Gasteiger partial charge in [0.2, 0.25) is 5.95 Å². The van der Waals surface area contributed by atoms with Crippen LogP contribution in [0.5, 0.6) is 0 Å². The topological polar surface area (TPSA) is 65.7 Å². The van der Waals surface area contributed by atoms with Crippen LogP contribution in [0.2, 0.25) is 5.02 Å². The van der Waals surface area contributed by atoms with Crippen LogP contribution in [0, 0.1) is 36.0 Å². The molecule has 2 aliphatic rings. The van der Waals surface area contributed by atoms with Crippen LogP contribution in [0.1, 0.15) is 49.1 Å². The second kappa shape index (κ2) is 8.45. The number of nitrogens with zero attached hydrogens (tertiary/aromatic N) is 5. The normalized spacial score (nSPS) is 22.1. The quantitative estimate of drug-likeness (QED) is 0.716. The van der Waals surface area contributed by atoms with E-state index in [4.69, 9.17) is 16.9 Å². The number of anilines is 1. The molecule has 146 valence electrons. The Hall–Kier alpha value is -2.19. The molecule has 0 spiro atoms. The first-order valence-electron chi connectivity index (χ1n) is 10.2. The van der Waals surface area contributed by atoms with Gasteiger partial charge in [-0.25, -0.2) is 9.97 Å². The van der Waals surface area contributed by atoms with Crippen LogP contribution in [-0.4, -0.2) is 28.0 Å². The summed E-state index contributed by atoms with van der Waals surface area (Å²) in [6, 6.07) is 6.01. The fourth-order valence-corrected chi connectivity index (χ4v) is 4.75. The highest BCUT2D eigenvalue weighted by atomic mass is 35.5. The fraction of sp³-hybridized carbons (Fsp3) is 0.545. The van der Waals surface area contributed by atoms with Crippen molar-refractivity contribution < 1.29 is 0 Å². The van der Waals surface area contributed by atoms with Crippen molar-refractivity contribution in [2.45, 2.75) is 45.4 Å². The molecule has 5 nitrogen and oxygen atoms in total. The summed E-state index contributed by atoms with van der Waals surface area (Å²) in [5, 5.41) is 9.68. The Balaban J connectivity index is 1.20. The molecule has 0 bridgehead atoms. The van der Waals surface area contributed by atoms with E-state index < -0.39 is 0 Å². The second-order valence-electron chi connectivity index (χ2n) is 8.18. The molecule has 2 fully saturated rings. The zero-order valence-electron chi connectivity index (χ0n) is 16.3. The molecule has 6 heteroatoms. The smallest absolute Gasteiger partial charge is 0.225 e. The molecule has 1 saturated heterocycles. The van der Waals surface area contributed by atoms with E-state index in [0.29, 0.717) is 5.02 Å². The number of nitriles is 1. The average Bonchev–Trinajstić information content (AvgIpc) is 3.48. The number of aromatic nitrogens is 3. The van der Waals surface area contributed by atoms with Crippen LogP contribution < -0.4 is 4.90 Å². The number of halogens is 1. The summed E-state index contributed by atoms with van der Waals surface area (Å²) >= 11 is 5.88. The number of piperidine rings is 1. The van der Waals surface area contributed by atoms with E-state index in [-0.39, 0.29) is 0 Å². The zero-order valence-corrected chi connectivity index (χ0v) is 17.1. The molecule has 0 N–H and O–H groups in total. The second-order valence-corrected chi connectivity index (χ2v) is 8.61. The van der Waals surface area contributed by atoms with Gasteiger partial charge in [0, 0.05) is 24.5 Å². The monoisotopic (exact) mass is 395 g/mol. The summed E-state index contributed by atoms with van der Waals surface area (Å²) in [6.07, 6.45) is 10.6. The van der Waals surface area contributed by atoms with Crippen molar-refractivity contribution in [2.75, 3.05) is 18.0 Å². The van der Waals surface area contributed by atoms with E-state index in [1.54, 1.807) is 12.4 Å². The van der Waals surface area contributed by atoms with Crippen molar-refractivity contribution in [3.05, 3.63) is 46.5 Å². The molecule has 28 heavy (non-hydrogen) atoms. The molecule has 0 aromatic carbocycles. The molecule has 4 rings (SSSR count). The summed E-state index contributed by atoms with van der Waals surface area (Å²) in [7, 11) is 0. The minimum Gasteiger partial charge on any atom is -0.341 e. The summed E-state index contributed by atoms with van der Waals surface area (Å²) in [4.78, 5) is 15.5. The van der Waals surface area contributed by atoms with Gasteiger partial charge in [0.05, 0.1) is 29.0 Å². The predicted octanol–water partition coefficient (Wildman–Crippen LogP) is 4.58. The molecule has 2 aromatic heterocycles. The van der Waals surface area contributed by atoms with Crippen LogP contribution in [0.4, 0.5) is 5.95 Å². The molecular formula is C22H26ClN5. The Morgan fingerprint density at radius 1 is 1.21 bits per heavy atom. The number of pyridine rings is 1. The SMILES string of the molecule is Cc1cc(C#N)cc(CCCC2C[C@@H]2C2CCN(c3ncc(Cl)cn3)CC2)n1. The van der Waals surface area contributed by atoms with Crippen molar-refractivity contribution in [2.24, 2.45) is 17.8 Å². The third-order valence-electron chi connectivity index (χ3n) is 6.16. The summed E-state index contributed by atoms with van der Waals surface area (Å²) in [5.41, 5.74) is 2.73. The number of rotatable bonds is 6. The van der Waals surface area contributed by atoms with E-state index >= 15 is 0 Å². The van der Waals surface area contributed by atoms with Crippen molar-refractivity contribution in [3.63, 3.8) is 0 Å². The molecule has 2 atom stereocenters. The van der Waals surface area contributed by atoms with E-state index in [1.165, 1.54) is 32.1 Å². The predicted molar refractivity (Wildman–Crippen MR) is 110 cm³/mol. The highest BCUT2D eigenvalue weighted by Gasteiger charge is 2.42. The molecule has 0 radical (unpaired) electrons. The van der Waals surface area contributed by atoms with Gasteiger partial charge >= 0.3 is 0 Å². The van der Waals surface area contributed by atoms with E-state index in [2.05, 4.69) is 25.9 Å². The zero-order chi connectivity index (χ0) is 19.5. The lowest BCUT2D eigenvalue weighted by molar-refractivity contribution is 0.341. The van der Waals surface area contributed by atoms with Gasteiger partial charge in [-0.1, -0.05) is 11.6 Å². The average molecular weight is 396 g/mol. The molecular weight excluding hydrogens is 370 g/mol. The summed E-state index contributed by atoms with van der Waals surface area (Å²) in [6.45, 7) is 4.04. The Bertz CT molecular complexity index is 852. The van der Waals surface area contributed by atoms with Gasteiger partial charge in [0.1, 0.15) is 0 Å². The van der Waals surface area contributed by atoms with Crippen LogP contribution >= 0.6 is 11.6 Å². The largest absolute Gasteiger partial charge is 0.341 e. The first-order valence-corrected chi connectivity index (χ1v) is 10.6. The van der Waals surface area contributed by atoms with Crippen LogP contribution in [0.3, 0.4) is 0 Å². The Morgan fingerprint density at radius 2 is 1.96 bits per heavy atom. The van der Waals surface area contributed by atoms with Gasteiger partial charge in [-0.15, -0.1) is 0 Å². The third kappa shape index (κ3) is 4.62. The minimum atomic E-state index is 0.587. The lowest BCUT2D eigenvalue weighted by atomic mass is 9.90. The number of hydrogen-bond acceptors (Lipinski definition) is 5. The van der Waals surface area contributed by atoms with Gasteiger partial charge in [0.25, 0.3) is 0 Å². The van der Waals surface area contributed by atoms with Crippen molar-refractivity contribution in [1.82, 2.24) is 15.0 Å². The van der Waals surface area contributed by atoms with E-state index in [9.17, 15) is 0 Å². The molecule has 3 heterocycles. The van der Waals surface area contributed by atoms with Crippen LogP contribution in [-0.2, 0) is 6.42 Å². The third-order valence-corrected chi connectivity index (χ3v) is 6.35. The van der Waals surface area contributed by atoms with E-state index in [0.717, 1.165) is 60.2 Å². The summed E-state index contributed by atoms with van der Waals surface area (Å²) < 4.78 is 0. The van der Waals surface area contributed by atoms with E-state index in [1.807, 2.05) is 19.1 Å². The molecule has 1 aliphatic carbocycles. The molecule has 0 amide bonds. The minimum absolute atomic E-state index is 0.587. The van der Waals surface area contributed by atoms with Crippen LogP contribution in [0.25, 0.3) is 0 Å². The van der Waals surface area contributed by atoms with Crippen LogP contribution in [0.15, 0.2) is 24.5 Å². The van der Waals surface area contributed by atoms with Gasteiger partial charge in [-0.3, -0.25) is 4.98 Å². The lowest BCUT2D eigenvalue weighted by Gasteiger charge is -2.32. The first kappa shape index (κ1) is 19.1. The molecule has 1 saturated carbocycles. The molecule has 1 aliphatic heterocycles. The summed E-state index contributed by atoms with van der Waals surface area (Å²) in [5.74, 6) is 3.42. The van der Waals surface area contributed by atoms with Gasteiger partial charge < -0.3 is 4.90 Å². The van der Waals surface area contributed by atoms with Gasteiger partial charge in [0.15, 0.2) is 0 Å². The first-order chi connectivity index (χ1) is 13.6. The maximum atomic E-state index is 9.10. The molecule has 2 aromatic rings. The number of aryl methyl sites for hydroxylation is 2. The maximum absolute atomic E-state index is 9.10. The highest BCUT2D eigenvalue weighted by molar-refractivity contribution is 6.30. The number of hydrogen-bond donors (Lipinski definition) is 0. The maximum Gasteiger partial charge on any atom is 0.225 e. The molecule has 1 unspecified atom stereocenters. The lowest BCUT2D eigenvalue weighted by Crippen LogP contribution is -2.35. The fourth-order valence-electron chi connectivity index (χ4n) is 4.65. The standard InChI is InChI=1S/C22H26ClN5/c1-15-9-16(12-24)10-20(27-15)4-2-3-18-11-21(18)17-5-7-28(8-6-17)22-25-13-19(23)14-26-22/h9-10,13-14,17-18,21H,2-8,11H2,1H3/t18?,21-/m1/s1. The van der Waals surface area contributed by atoms with Crippen molar-refractivity contribution >= 4 is 17.5 Å². The van der Waals surface area contributed by atoms with Gasteiger partial charge in [-0.2, -0.15) is 5.26 Å².